The van der Waals surface area contributed by atoms with Crippen LogP contribution in [-0.4, -0.2) is 16.0 Å². The van der Waals surface area contributed by atoms with Crippen molar-refractivity contribution in [3.05, 3.63) is 80.3 Å². The molecule has 2 rings (SSSR count). The summed E-state index contributed by atoms with van der Waals surface area (Å²) in [6, 6.07) is 13.0. The maximum atomic E-state index is 11.1. The van der Waals surface area contributed by atoms with Gasteiger partial charge in [-0.25, -0.2) is 4.79 Å². The van der Waals surface area contributed by atoms with Crippen molar-refractivity contribution in [3.8, 4) is 0 Å². The summed E-state index contributed by atoms with van der Waals surface area (Å²) < 4.78 is 0.837. The van der Waals surface area contributed by atoms with Crippen LogP contribution in [0.25, 0.3) is 5.57 Å². The Labute approximate surface area is 128 Å². The number of para-hydroxylation sites is 1. The van der Waals surface area contributed by atoms with Gasteiger partial charge in [-0.05, 0) is 23.8 Å². The van der Waals surface area contributed by atoms with E-state index in [0.29, 0.717) is 11.1 Å². The van der Waals surface area contributed by atoms with E-state index >= 15 is 0 Å². The Morgan fingerprint density at radius 1 is 1.14 bits per heavy atom. The van der Waals surface area contributed by atoms with Crippen molar-refractivity contribution in [1.29, 1.82) is 0 Å². The largest absolute Gasteiger partial charge is 0.478 e. The van der Waals surface area contributed by atoms with Gasteiger partial charge in [-0.3, -0.25) is 10.1 Å². The van der Waals surface area contributed by atoms with Gasteiger partial charge in [0, 0.05) is 22.2 Å². The van der Waals surface area contributed by atoms with Crippen LogP contribution in [0.1, 0.15) is 11.1 Å². The molecular weight excluding hydrogens is 338 g/mol. The average molecular weight is 348 g/mol. The summed E-state index contributed by atoms with van der Waals surface area (Å²) in [5, 5.41) is 20.2. The van der Waals surface area contributed by atoms with Crippen LogP contribution in [0.5, 0.6) is 0 Å². The summed E-state index contributed by atoms with van der Waals surface area (Å²) in [4.78, 5) is 21.6. The fraction of sp³-hybridized carbons (Fsp3) is 0. The minimum atomic E-state index is -1.16. The zero-order valence-electron chi connectivity index (χ0n) is 10.7. The third-order valence-corrected chi connectivity index (χ3v) is 3.34. The number of rotatable bonds is 4. The highest BCUT2D eigenvalue weighted by Gasteiger charge is 2.18. The fourth-order valence-corrected chi connectivity index (χ4v) is 2.19. The smallest absolute Gasteiger partial charge is 0.328 e. The Morgan fingerprint density at radius 3 is 2.33 bits per heavy atom. The monoisotopic (exact) mass is 347 g/mol. The van der Waals surface area contributed by atoms with Gasteiger partial charge in [-0.2, -0.15) is 0 Å². The molecule has 0 amide bonds. The molecule has 0 aliphatic rings. The topological polar surface area (TPSA) is 80.4 Å². The molecule has 0 aliphatic heterocycles. The number of nitro benzene ring substituents is 1. The molecule has 0 aliphatic carbocycles. The molecule has 0 atom stereocenters. The van der Waals surface area contributed by atoms with Gasteiger partial charge in [-0.15, -0.1) is 0 Å². The van der Waals surface area contributed by atoms with Crippen molar-refractivity contribution in [3.63, 3.8) is 0 Å². The fourth-order valence-electron chi connectivity index (χ4n) is 1.93. The molecule has 0 bridgehead atoms. The molecule has 5 nitrogen and oxygen atoms in total. The number of hydrogen-bond acceptors (Lipinski definition) is 3. The number of halogens is 1. The van der Waals surface area contributed by atoms with E-state index in [0.717, 1.165) is 10.5 Å². The molecule has 0 radical (unpaired) electrons. The number of benzene rings is 2. The second-order valence-corrected chi connectivity index (χ2v) is 5.09. The summed E-state index contributed by atoms with van der Waals surface area (Å²) in [6.07, 6.45) is 0.978. The third kappa shape index (κ3) is 3.55. The van der Waals surface area contributed by atoms with Crippen molar-refractivity contribution >= 4 is 33.2 Å². The number of nitro groups is 1. The predicted molar refractivity (Wildman–Crippen MR) is 82.0 cm³/mol. The lowest BCUT2D eigenvalue weighted by molar-refractivity contribution is -0.385. The molecule has 1 N–H and O–H groups in total. The van der Waals surface area contributed by atoms with Gasteiger partial charge in [0.05, 0.1) is 10.5 Å². The molecule has 0 spiro atoms. The molecular formula is C15H10BrNO4. The lowest BCUT2D eigenvalue weighted by Crippen LogP contribution is -1.99. The minimum Gasteiger partial charge on any atom is -0.478 e. The Bertz CT molecular complexity index is 723. The lowest BCUT2D eigenvalue weighted by Gasteiger charge is -2.08. The van der Waals surface area contributed by atoms with E-state index in [1.165, 1.54) is 12.1 Å². The van der Waals surface area contributed by atoms with Gasteiger partial charge in [0.1, 0.15) is 0 Å². The summed E-state index contributed by atoms with van der Waals surface area (Å²) in [7, 11) is 0. The van der Waals surface area contributed by atoms with Crippen molar-refractivity contribution in [2.45, 2.75) is 0 Å². The van der Waals surface area contributed by atoms with Crippen LogP contribution in [0.4, 0.5) is 5.69 Å². The number of nitrogens with zero attached hydrogens (tertiary/aromatic N) is 1. The summed E-state index contributed by atoms with van der Waals surface area (Å²) >= 11 is 3.30. The van der Waals surface area contributed by atoms with Crippen LogP contribution in [-0.2, 0) is 4.79 Å². The van der Waals surface area contributed by atoms with Crippen LogP contribution in [0.2, 0.25) is 0 Å². The number of carboxylic acid groups (broad SMARTS) is 1. The van der Waals surface area contributed by atoms with Gasteiger partial charge in [0.25, 0.3) is 5.69 Å². The second kappa shape index (κ2) is 6.32. The van der Waals surface area contributed by atoms with Crippen molar-refractivity contribution in [1.82, 2.24) is 0 Å². The van der Waals surface area contributed by atoms with Crippen LogP contribution < -0.4 is 0 Å². The quantitative estimate of drug-likeness (QED) is 0.517. The normalized spacial score (nSPS) is 11.2. The summed E-state index contributed by atoms with van der Waals surface area (Å²) in [5.41, 5.74) is 1.03. The zero-order chi connectivity index (χ0) is 15.4. The summed E-state index contributed by atoms with van der Waals surface area (Å²) in [6.45, 7) is 0. The minimum absolute atomic E-state index is 0.132. The molecule has 0 fully saturated rings. The number of carboxylic acids is 1. The molecule has 0 saturated heterocycles. The SMILES string of the molecule is O=C(O)C=C(c1ccc(Br)cc1)c1ccccc1[N+](=O)[O-]. The molecule has 0 heterocycles. The standard InChI is InChI=1S/C15H10BrNO4/c16-11-7-5-10(6-8-11)13(9-15(18)19)12-3-1-2-4-14(12)17(20)21/h1-9H,(H,18,19). The van der Waals surface area contributed by atoms with Crippen molar-refractivity contribution < 1.29 is 14.8 Å². The van der Waals surface area contributed by atoms with E-state index in [9.17, 15) is 14.9 Å². The maximum absolute atomic E-state index is 11.1. The highest BCUT2D eigenvalue weighted by Crippen LogP contribution is 2.31. The first-order chi connectivity index (χ1) is 9.99. The molecule has 21 heavy (non-hydrogen) atoms. The third-order valence-electron chi connectivity index (χ3n) is 2.81. The van der Waals surface area contributed by atoms with Gasteiger partial charge in [0.15, 0.2) is 0 Å². The average Bonchev–Trinajstić information content (AvgIpc) is 2.45. The summed E-state index contributed by atoms with van der Waals surface area (Å²) in [5.74, 6) is -1.16. The first-order valence-electron chi connectivity index (χ1n) is 5.93. The zero-order valence-corrected chi connectivity index (χ0v) is 12.3. The number of hydrogen-bond donors (Lipinski definition) is 1. The van der Waals surface area contributed by atoms with Crippen LogP contribution in [0, 0.1) is 10.1 Å². The molecule has 2 aromatic carbocycles. The predicted octanol–water partition coefficient (Wildman–Crippen LogP) is 3.87. The van der Waals surface area contributed by atoms with E-state index in [4.69, 9.17) is 5.11 Å². The van der Waals surface area contributed by atoms with Crippen LogP contribution in [0.3, 0.4) is 0 Å². The van der Waals surface area contributed by atoms with Crippen LogP contribution >= 0.6 is 15.9 Å². The number of aliphatic carboxylic acids is 1. The number of carbonyl (C=O) groups is 1. The maximum Gasteiger partial charge on any atom is 0.328 e. The Morgan fingerprint density at radius 2 is 1.76 bits per heavy atom. The van der Waals surface area contributed by atoms with Gasteiger partial charge < -0.3 is 5.11 Å². The lowest BCUT2D eigenvalue weighted by atomic mass is 9.96. The van der Waals surface area contributed by atoms with Gasteiger partial charge >= 0.3 is 5.97 Å². The van der Waals surface area contributed by atoms with E-state index in [1.54, 1.807) is 36.4 Å². The van der Waals surface area contributed by atoms with Crippen molar-refractivity contribution in [2.75, 3.05) is 0 Å². The Kier molecular flexibility index (Phi) is 4.49. The molecule has 6 heteroatoms. The first-order valence-corrected chi connectivity index (χ1v) is 6.72. The van der Waals surface area contributed by atoms with E-state index < -0.39 is 10.9 Å². The highest BCUT2D eigenvalue weighted by molar-refractivity contribution is 9.10. The first kappa shape index (κ1) is 14.9. The molecule has 106 valence electrons. The highest BCUT2D eigenvalue weighted by atomic mass is 79.9. The van der Waals surface area contributed by atoms with Gasteiger partial charge in [0.2, 0.25) is 0 Å². The van der Waals surface area contributed by atoms with Crippen LogP contribution in [0.15, 0.2) is 59.1 Å². The molecule has 0 saturated carbocycles. The van der Waals surface area contributed by atoms with Gasteiger partial charge in [-0.1, -0.05) is 40.2 Å². The van der Waals surface area contributed by atoms with Crippen molar-refractivity contribution in [2.24, 2.45) is 0 Å². The molecule has 0 aromatic heterocycles. The molecule has 0 unspecified atom stereocenters. The second-order valence-electron chi connectivity index (χ2n) is 4.18. The van der Waals surface area contributed by atoms with E-state index in [2.05, 4.69) is 15.9 Å². The Balaban J connectivity index is 2.65. The van der Waals surface area contributed by atoms with E-state index in [1.807, 2.05) is 0 Å². The van der Waals surface area contributed by atoms with E-state index in [-0.39, 0.29) is 11.3 Å². The molecule has 2 aromatic rings. The Hall–Kier alpha value is -2.47.